The van der Waals surface area contributed by atoms with Crippen molar-refractivity contribution >= 4 is 11.7 Å². The Bertz CT molecular complexity index is 577. The first-order chi connectivity index (χ1) is 10.8. The number of carbonyl (C=O) groups excluding carboxylic acids is 1. The topological polar surface area (TPSA) is 69.0 Å². The van der Waals surface area contributed by atoms with Gasteiger partial charge in [-0.05, 0) is 32.4 Å². The van der Waals surface area contributed by atoms with Gasteiger partial charge < -0.3 is 10.2 Å². The molecular formula is C15H19F3N4O. The minimum atomic E-state index is -4.57. The lowest BCUT2D eigenvalue weighted by atomic mass is 10.2. The van der Waals surface area contributed by atoms with Crippen LogP contribution in [0.15, 0.2) is 12.1 Å². The number of nitrogens with one attached hydrogen (secondary N) is 1. The van der Waals surface area contributed by atoms with Gasteiger partial charge >= 0.3 is 6.18 Å². The van der Waals surface area contributed by atoms with Crippen molar-refractivity contribution in [1.29, 1.82) is 5.26 Å². The van der Waals surface area contributed by atoms with Crippen molar-refractivity contribution in [2.75, 3.05) is 25.0 Å². The van der Waals surface area contributed by atoms with Crippen molar-refractivity contribution in [3.63, 3.8) is 0 Å². The number of pyridine rings is 1. The van der Waals surface area contributed by atoms with E-state index in [2.05, 4.69) is 10.3 Å². The van der Waals surface area contributed by atoms with Crippen LogP contribution in [0, 0.1) is 11.3 Å². The van der Waals surface area contributed by atoms with Gasteiger partial charge in [-0.1, -0.05) is 0 Å². The Kier molecular flexibility index (Phi) is 6.82. The number of aromatic nitrogens is 1. The Labute approximate surface area is 133 Å². The molecule has 0 radical (unpaired) electrons. The summed E-state index contributed by atoms with van der Waals surface area (Å²) in [5, 5.41) is 11.6. The van der Waals surface area contributed by atoms with Crippen LogP contribution in [0.5, 0.6) is 0 Å². The minimum absolute atomic E-state index is 0.00527. The van der Waals surface area contributed by atoms with Crippen molar-refractivity contribution in [2.24, 2.45) is 0 Å². The quantitative estimate of drug-likeness (QED) is 0.781. The second-order valence-electron chi connectivity index (χ2n) is 4.80. The number of alkyl halides is 3. The molecule has 0 bridgehead atoms. The predicted molar refractivity (Wildman–Crippen MR) is 79.6 cm³/mol. The second kappa shape index (κ2) is 8.36. The van der Waals surface area contributed by atoms with Crippen LogP contribution in [0.4, 0.5) is 19.0 Å². The Morgan fingerprint density at radius 2 is 2.00 bits per heavy atom. The van der Waals surface area contributed by atoms with Crippen LogP contribution in [-0.4, -0.2) is 35.4 Å². The molecular weight excluding hydrogens is 309 g/mol. The zero-order chi connectivity index (χ0) is 17.5. The van der Waals surface area contributed by atoms with Crippen LogP contribution < -0.4 is 5.32 Å². The summed E-state index contributed by atoms with van der Waals surface area (Å²) in [5.41, 5.74) is -1.02. The SMILES string of the molecule is CCN(CC)C(=O)CCCNc1nc(C(F)(F)F)ccc1C#N. The molecule has 0 saturated heterocycles. The predicted octanol–water partition coefficient (Wildman–Crippen LogP) is 3.03. The monoisotopic (exact) mass is 328 g/mol. The normalized spacial score (nSPS) is 11.0. The summed E-state index contributed by atoms with van der Waals surface area (Å²) in [6.45, 7) is 5.26. The van der Waals surface area contributed by atoms with Crippen molar-refractivity contribution in [3.8, 4) is 6.07 Å². The van der Waals surface area contributed by atoms with E-state index < -0.39 is 11.9 Å². The summed E-state index contributed by atoms with van der Waals surface area (Å²) >= 11 is 0. The smallest absolute Gasteiger partial charge is 0.369 e. The molecule has 0 aliphatic rings. The zero-order valence-electron chi connectivity index (χ0n) is 13.1. The Balaban J connectivity index is 2.64. The fourth-order valence-electron chi connectivity index (χ4n) is 2.02. The van der Waals surface area contributed by atoms with Crippen LogP contribution in [0.2, 0.25) is 0 Å². The van der Waals surface area contributed by atoms with Gasteiger partial charge in [-0.2, -0.15) is 18.4 Å². The second-order valence-corrected chi connectivity index (χ2v) is 4.80. The lowest BCUT2D eigenvalue weighted by Crippen LogP contribution is -2.30. The van der Waals surface area contributed by atoms with Crippen LogP contribution in [0.1, 0.15) is 37.9 Å². The van der Waals surface area contributed by atoms with Crippen LogP contribution >= 0.6 is 0 Å². The third-order valence-corrected chi connectivity index (χ3v) is 3.28. The van der Waals surface area contributed by atoms with Gasteiger partial charge in [0.15, 0.2) is 0 Å². The molecule has 0 unspecified atom stereocenters. The van der Waals surface area contributed by atoms with E-state index in [9.17, 15) is 18.0 Å². The molecule has 1 aromatic heterocycles. The molecule has 5 nitrogen and oxygen atoms in total. The van der Waals surface area contributed by atoms with E-state index in [0.29, 0.717) is 19.5 Å². The fourth-order valence-corrected chi connectivity index (χ4v) is 2.02. The summed E-state index contributed by atoms with van der Waals surface area (Å²) in [7, 11) is 0. The maximum absolute atomic E-state index is 12.6. The first-order valence-electron chi connectivity index (χ1n) is 7.33. The number of hydrogen-bond acceptors (Lipinski definition) is 4. The molecule has 0 aliphatic carbocycles. The van der Waals surface area contributed by atoms with Crippen LogP contribution in [0.3, 0.4) is 0 Å². The third kappa shape index (κ3) is 5.43. The highest BCUT2D eigenvalue weighted by Crippen LogP contribution is 2.29. The van der Waals surface area contributed by atoms with Crippen molar-refractivity contribution < 1.29 is 18.0 Å². The van der Waals surface area contributed by atoms with Gasteiger partial charge in [-0.25, -0.2) is 4.98 Å². The summed E-state index contributed by atoms with van der Waals surface area (Å²) in [6, 6.07) is 3.65. The molecule has 0 spiro atoms. The summed E-state index contributed by atoms with van der Waals surface area (Å²) in [6.07, 6.45) is -3.84. The third-order valence-electron chi connectivity index (χ3n) is 3.28. The number of nitriles is 1. The summed E-state index contributed by atoms with van der Waals surface area (Å²) in [4.78, 5) is 16.9. The maximum Gasteiger partial charge on any atom is 0.433 e. The molecule has 0 aromatic carbocycles. The van der Waals surface area contributed by atoms with Gasteiger partial charge in [0.05, 0.1) is 5.56 Å². The van der Waals surface area contributed by atoms with E-state index in [-0.39, 0.29) is 30.3 Å². The van der Waals surface area contributed by atoms with Gasteiger partial charge in [0.2, 0.25) is 5.91 Å². The standard InChI is InChI=1S/C15H19F3N4O/c1-3-22(4-2)13(23)6-5-9-20-14-11(10-19)7-8-12(21-14)15(16,17)18/h7-8H,3-6,9H2,1-2H3,(H,20,21). The lowest BCUT2D eigenvalue weighted by Gasteiger charge is -2.18. The number of halogens is 3. The van der Waals surface area contributed by atoms with Crippen LogP contribution in [0.25, 0.3) is 0 Å². The highest BCUT2D eigenvalue weighted by atomic mass is 19.4. The molecule has 8 heteroatoms. The molecule has 1 N–H and O–H groups in total. The Morgan fingerprint density at radius 1 is 1.35 bits per heavy atom. The molecule has 0 aliphatic heterocycles. The molecule has 0 atom stereocenters. The van der Waals surface area contributed by atoms with Crippen molar-refractivity contribution in [3.05, 3.63) is 23.4 Å². The van der Waals surface area contributed by atoms with Gasteiger partial charge in [0, 0.05) is 26.1 Å². The molecule has 1 heterocycles. The van der Waals surface area contributed by atoms with E-state index in [1.54, 1.807) is 11.0 Å². The first kappa shape index (κ1) is 18.7. The number of nitrogens with zero attached hydrogens (tertiary/aromatic N) is 3. The van der Waals surface area contributed by atoms with E-state index in [4.69, 9.17) is 5.26 Å². The zero-order valence-corrected chi connectivity index (χ0v) is 13.1. The molecule has 23 heavy (non-hydrogen) atoms. The van der Waals surface area contributed by atoms with Crippen molar-refractivity contribution in [2.45, 2.75) is 32.9 Å². The summed E-state index contributed by atoms with van der Waals surface area (Å²) < 4.78 is 37.9. The molecule has 0 saturated carbocycles. The molecule has 1 amide bonds. The Hall–Kier alpha value is -2.30. The highest BCUT2D eigenvalue weighted by molar-refractivity contribution is 5.76. The van der Waals surface area contributed by atoms with E-state index in [1.165, 1.54) is 0 Å². The van der Waals surface area contributed by atoms with Gasteiger partial charge in [0.25, 0.3) is 0 Å². The van der Waals surface area contributed by atoms with E-state index >= 15 is 0 Å². The number of hydrogen-bond donors (Lipinski definition) is 1. The molecule has 1 rings (SSSR count). The number of rotatable bonds is 7. The molecule has 0 fully saturated rings. The first-order valence-corrected chi connectivity index (χ1v) is 7.33. The lowest BCUT2D eigenvalue weighted by molar-refractivity contribution is -0.141. The summed E-state index contributed by atoms with van der Waals surface area (Å²) in [5.74, 6) is -0.119. The number of carbonyl (C=O) groups is 1. The average Bonchev–Trinajstić information content (AvgIpc) is 2.51. The van der Waals surface area contributed by atoms with Crippen LogP contribution in [-0.2, 0) is 11.0 Å². The number of anilines is 1. The van der Waals surface area contributed by atoms with E-state index in [0.717, 1.165) is 12.1 Å². The minimum Gasteiger partial charge on any atom is -0.369 e. The Morgan fingerprint density at radius 3 is 2.52 bits per heavy atom. The molecule has 126 valence electrons. The average molecular weight is 328 g/mol. The van der Waals surface area contributed by atoms with Crippen molar-refractivity contribution in [1.82, 2.24) is 9.88 Å². The number of amides is 1. The van der Waals surface area contributed by atoms with E-state index in [1.807, 2.05) is 13.8 Å². The molecule has 1 aromatic rings. The maximum atomic E-state index is 12.6. The van der Waals surface area contributed by atoms with Gasteiger partial charge in [0.1, 0.15) is 17.6 Å². The fraction of sp³-hybridized carbons (Fsp3) is 0.533. The van der Waals surface area contributed by atoms with Gasteiger partial charge in [-0.3, -0.25) is 4.79 Å². The largest absolute Gasteiger partial charge is 0.433 e. The highest BCUT2D eigenvalue weighted by Gasteiger charge is 2.33. The van der Waals surface area contributed by atoms with Gasteiger partial charge in [-0.15, -0.1) is 0 Å².